The van der Waals surface area contributed by atoms with E-state index in [1.165, 1.54) is 0 Å². The highest BCUT2D eigenvalue weighted by atomic mass is 16.5. The van der Waals surface area contributed by atoms with E-state index in [9.17, 15) is 0 Å². The zero-order valence-corrected chi connectivity index (χ0v) is 11.6. The maximum Gasteiger partial charge on any atom is 0.127 e. The molecule has 96 valence electrons. The van der Waals surface area contributed by atoms with Crippen molar-refractivity contribution in [3.63, 3.8) is 0 Å². The van der Waals surface area contributed by atoms with Crippen LogP contribution in [0.25, 0.3) is 0 Å². The van der Waals surface area contributed by atoms with Crippen molar-refractivity contribution in [1.29, 1.82) is 0 Å². The SMILES string of the molecule is CNC(c1c(OC)cccc1OC)C(C)(C)C. The molecule has 1 unspecified atom stereocenters. The molecular formula is C14H23NO2. The van der Waals surface area contributed by atoms with Gasteiger partial charge in [0.2, 0.25) is 0 Å². The number of benzene rings is 1. The van der Waals surface area contributed by atoms with Gasteiger partial charge in [0.1, 0.15) is 11.5 Å². The molecule has 1 aromatic rings. The zero-order chi connectivity index (χ0) is 13.1. The van der Waals surface area contributed by atoms with Crippen molar-refractivity contribution in [3.8, 4) is 11.5 Å². The summed E-state index contributed by atoms with van der Waals surface area (Å²) in [6.45, 7) is 6.58. The molecule has 0 fully saturated rings. The van der Waals surface area contributed by atoms with Crippen molar-refractivity contribution in [2.24, 2.45) is 5.41 Å². The van der Waals surface area contributed by atoms with Crippen LogP contribution in [0, 0.1) is 5.41 Å². The fourth-order valence-corrected chi connectivity index (χ4v) is 2.17. The van der Waals surface area contributed by atoms with Gasteiger partial charge in [-0.25, -0.2) is 0 Å². The Morgan fingerprint density at radius 1 is 1.06 bits per heavy atom. The summed E-state index contributed by atoms with van der Waals surface area (Å²) in [7, 11) is 5.34. The van der Waals surface area contributed by atoms with E-state index in [0.29, 0.717) is 0 Å². The second-order valence-electron chi connectivity index (χ2n) is 5.16. The lowest BCUT2D eigenvalue weighted by atomic mass is 9.81. The van der Waals surface area contributed by atoms with E-state index in [4.69, 9.17) is 9.47 Å². The van der Waals surface area contributed by atoms with Crippen LogP contribution in [-0.4, -0.2) is 21.3 Å². The third kappa shape index (κ3) is 2.91. The van der Waals surface area contributed by atoms with Gasteiger partial charge in [-0.05, 0) is 24.6 Å². The third-order valence-electron chi connectivity index (χ3n) is 2.91. The van der Waals surface area contributed by atoms with Gasteiger partial charge in [0.25, 0.3) is 0 Å². The highest BCUT2D eigenvalue weighted by Gasteiger charge is 2.29. The van der Waals surface area contributed by atoms with Crippen LogP contribution in [0.15, 0.2) is 18.2 Å². The van der Waals surface area contributed by atoms with Crippen molar-refractivity contribution >= 4 is 0 Å². The maximum atomic E-state index is 5.45. The van der Waals surface area contributed by atoms with Crippen molar-refractivity contribution < 1.29 is 9.47 Å². The molecule has 0 heterocycles. The molecule has 0 saturated heterocycles. The van der Waals surface area contributed by atoms with E-state index in [0.717, 1.165) is 17.1 Å². The standard InChI is InChI=1S/C14H23NO2/c1-14(2,3)13(15-4)12-10(16-5)8-7-9-11(12)17-6/h7-9,13,15H,1-6H3. The van der Waals surface area contributed by atoms with Crippen molar-refractivity contribution in [2.45, 2.75) is 26.8 Å². The summed E-state index contributed by atoms with van der Waals surface area (Å²) in [5.41, 5.74) is 1.16. The summed E-state index contributed by atoms with van der Waals surface area (Å²) in [6, 6.07) is 6.05. The van der Waals surface area contributed by atoms with Gasteiger partial charge < -0.3 is 14.8 Å². The van der Waals surface area contributed by atoms with E-state index in [2.05, 4.69) is 26.1 Å². The molecule has 0 amide bonds. The molecule has 0 spiro atoms. The van der Waals surface area contributed by atoms with Gasteiger partial charge in [0.15, 0.2) is 0 Å². The molecular weight excluding hydrogens is 214 g/mol. The lowest BCUT2D eigenvalue weighted by molar-refractivity contribution is 0.268. The average molecular weight is 237 g/mol. The first-order chi connectivity index (χ1) is 7.95. The minimum absolute atomic E-state index is 0.0800. The quantitative estimate of drug-likeness (QED) is 0.873. The Labute approximate surface area is 104 Å². The van der Waals surface area contributed by atoms with E-state index in [1.807, 2.05) is 25.2 Å². The van der Waals surface area contributed by atoms with Crippen LogP contribution in [0.3, 0.4) is 0 Å². The van der Waals surface area contributed by atoms with Gasteiger partial charge in [-0.1, -0.05) is 26.8 Å². The lowest BCUT2D eigenvalue weighted by Gasteiger charge is -2.32. The molecule has 1 rings (SSSR count). The van der Waals surface area contributed by atoms with E-state index in [-0.39, 0.29) is 11.5 Å². The molecule has 1 atom stereocenters. The summed E-state index contributed by atoms with van der Waals surface area (Å²) < 4.78 is 10.9. The summed E-state index contributed by atoms with van der Waals surface area (Å²) in [6.07, 6.45) is 0. The first-order valence-corrected chi connectivity index (χ1v) is 5.83. The molecule has 17 heavy (non-hydrogen) atoms. The summed E-state index contributed by atoms with van der Waals surface area (Å²) >= 11 is 0. The van der Waals surface area contributed by atoms with Crippen LogP contribution in [0.5, 0.6) is 11.5 Å². The monoisotopic (exact) mass is 237 g/mol. The van der Waals surface area contributed by atoms with Crippen molar-refractivity contribution in [2.75, 3.05) is 21.3 Å². The molecule has 0 aliphatic heterocycles. The van der Waals surface area contributed by atoms with Crippen LogP contribution < -0.4 is 14.8 Å². The topological polar surface area (TPSA) is 30.5 Å². The van der Waals surface area contributed by atoms with Crippen molar-refractivity contribution in [1.82, 2.24) is 5.32 Å². The molecule has 3 nitrogen and oxygen atoms in total. The molecule has 0 aromatic heterocycles. The fourth-order valence-electron chi connectivity index (χ4n) is 2.17. The predicted molar refractivity (Wildman–Crippen MR) is 70.8 cm³/mol. The van der Waals surface area contributed by atoms with Crippen molar-refractivity contribution in [3.05, 3.63) is 23.8 Å². The smallest absolute Gasteiger partial charge is 0.127 e. The van der Waals surface area contributed by atoms with Crippen LogP contribution in [0.2, 0.25) is 0 Å². The van der Waals surface area contributed by atoms with Crippen LogP contribution in [0.1, 0.15) is 32.4 Å². The molecule has 3 heteroatoms. The first kappa shape index (κ1) is 13.8. The lowest BCUT2D eigenvalue weighted by Crippen LogP contribution is -2.30. The fraction of sp³-hybridized carbons (Fsp3) is 0.571. The number of hydrogen-bond donors (Lipinski definition) is 1. The summed E-state index contributed by atoms with van der Waals surface area (Å²) in [5, 5.41) is 3.35. The summed E-state index contributed by atoms with van der Waals surface area (Å²) in [4.78, 5) is 0. The van der Waals surface area contributed by atoms with Crippen LogP contribution >= 0.6 is 0 Å². The van der Waals surface area contributed by atoms with Gasteiger partial charge >= 0.3 is 0 Å². The second-order valence-corrected chi connectivity index (χ2v) is 5.16. The minimum Gasteiger partial charge on any atom is -0.496 e. The van der Waals surface area contributed by atoms with Gasteiger partial charge in [-0.2, -0.15) is 0 Å². The van der Waals surface area contributed by atoms with Gasteiger partial charge in [0, 0.05) is 6.04 Å². The molecule has 1 aromatic carbocycles. The number of ether oxygens (including phenoxy) is 2. The van der Waals surface area contributed by atoms with Gasteiger partial charge in [-0.15, -0.1) is 0 Å². The largest absolute Gasteiger partial charge is 0.496 e. The molecule has 0 saturated carbocycles. The zero-order valence-electron chi connectivity index (χ0n) is 11.6. The minimum atomic E-state index is 0.0800. The molecule has 0 aliphatic carbocycles. The highest BCUT2D eigenvalue weighted by molar-refractivity contribution is 5.47. The van der Waals surface area contributed by atoms with Crippen LogP contribution in [-0.2, 0) is 0 Å². The predicted octanol–water partition coefficient (Wildman–Crippen LogP) is 3.01. The Bertz CT molecular complexity index is 347. The van der Waals surface area contributed by atoms with Gasteiger partial charge in [-0.3, -0.25) is 0 Å². The molecule has 1 N–H and O–H groups in total. The molecule has 0 bridgehead atoms. The molecule has 0 radical (unpaired) electrons. The Morgan fingerprint density at radius 2 is 1.53 bits per heavy atom. The van der Waals surface area contributed by atoms with Gasteiger partial charge in [0.05, 0.1) is 19.8 Å². The summed E-state index contributed by atoms with van der Waals surface area (Å²) in [5.74, 6) is 1.72. The Hall–Kier alpha value is -1.22. The molecule has 0 aliphatic rings. The average Bonchev–Trinajstić information content (AvgIpc) is 2.28. The number of rotatable bonds is 4. The Kier molecular flexibility index (Phi) is 4.40. The highest BCUT2D eigenvalue weighted by Crippen LogP contribution is 2.42. The first-order valence-electron chi connectivity index (χ1n) is 5.83. The number of nitrogens with one attached hydrogen (secondary N) is 1. The maximum absolute atomic E-state index is 5.45. The normalized spacial score (nSPS) is 13.3. The number of methoxy groups -OCH3 is 2. The Morgan fingerprint density at radius 3 is 1.82 bits per heavy atom. The van der Waals surface area contributed by atoms with E-state index >= 15 is 0 Å². The second kappa shape index (κ2) is 5.41. The van der Waals surface area contributed by atoms with Crippen LogP contribution in [0.4, 0.5) is 0 Å². The Balaban J connectivity index is 3.34. The number of hydrogen-bond acceptors (Lipinski definition) is 3. The third-order valence-corrected chi connectivity index (χ3v) is 2.91. The van der Waals surface area contributed by atoms with E-state index < -0.39 is 0 Å². The van der Waals surface area contributed by atoms with E-state index in [1.54, 1.807) is 14.2 Å².